The van der Waals surface area contributed by atoms with Crippen molar-refractivity contribution in [1.29, 1.82) is 0 Å². The first-order chi connectivity index (χ1) is 19.8. The van der Waals surface area contributed by atoms with Crippen LogP contribution >= 0.6 is 46.5 Å². The van der Waals surface area contributed by atoms with E-state index in [-0.39, 0.29) is 45.4 Å². The summed E-state index contributed by atoms with van der Waals surface area (Å²) in [6, 6.07) is -1.01. The van der Waals surface area contributed by atoms with Crippen LogP contribution in [0.2, 0.25) is 0 Å². The Bertz CT molecular complexity index is 1420. The number of amides is 2. The fraction of sp³-hybridized carbons (Fsp3) is 0.458. The summed E-state index contributed by atoms with van der Waals surface area (Å²) >= 11 is 9.62. The maximum atomic E-state index is 13.3. The van der Waals surface area contributed by atoms with Gasteiger partial charge in [-0.1, -0.05) is 16.8 Å². The summed E-state index contributed by atoms with van der Waals surface area (Å²) in [4.78, 5) is 73.9. The second-order valence-corrected chi connectivity index (χ2v) is 13.3. The molecule has 4 heterocycles. The number of fused-ring (bicyclic) bond motifs is 1. The summed E-state index contributed by atoms with van der Waals surface area (Å²) in [5.41, 5.74) is 5.32. The molecule has 3 N–H and O–H groups in total. The Hall–Kier alpha value is -3.28. The summed E-state index contributed by atoms with van der Waals surface area (Å²) in [6.07, 6.45) is 0. The fourth-order valence-corrected chi connectivity index (χ4v) is 6.99. The van der Waals surface area contributed by atoms with Crippen molar-refractivity contribution in [2.75, 3.05) is 37.7 Å². The monoisotopic (exact) mass is 659 g/mol. The number of thioether (sulfide) groups is 2. The molecule has 14 nitrogen and oxygen atoms in total. The predicted molar refractivity (Wildman–Crippen MR) is 155 cm³/mol. The fourth-order valence-electron chi connectivity index (χ4n) is 3.76. The number of halogens is 1. The van der Waals surface area contributed by atoms with Crippen LogP contribution in [-0.2, 0) is 43.0 Å². The Morgan fingerprint density at radius 1 is 1.31 bits per heavy atom. The zero-order valence-corrected chi connectivity index (χ0v) is 26.0. The first-order valence-electron chi connectivity index (χ1n) is 12.2. The Kier molecular flexibility index (Phi) is 9.74. The Labute approximate surface area is 257 Å². The van der Waals surface area contributed by atoms with E-state index < -0.39 is 53.3 Å². The van der Waals surface area contributed by atoms with E-state index in [9.17, 15) is 24.0 Å². The van der Waals surface area contributed by atoms with Gasteiger partial charge in [-0.2, -0.15) is 0 Å². The molecule has 0 radical (unpaired) electrons. The molecule has 0 spiro atoms. The highest BCUT2D eigenvalue weighted by Gasteiger charge is 2.54. The van der Waals surface area contributed by atoms with Crippen molar-refractivity contribution in [2.45, 2.75) is 32.2 Å². The minimum absolute atomic E-state index is 0.000658. The number of nitrogens with zero attached hydrogens (tertiary/aromatic N) is 3. The number of hydrogen-bond donors (Lipinski definition) is 2. The van der Waals surface area contributed by atoms with Crippen molar-refractivity contribution in [3.63, 3.8) is 0 Å². The molecule has 0 aliphatic carbocycles. The van der Waals surface area contributed by atoms with Crippen LogP contribution in [-0.4, -0.2) is 88.7 Å². The maximum Gasteiger partial charge on any atom is 0.357 e. The summed E-state index contributed by atoms with van der Waals surface area (Å²) in [6.45, 7) is 4.28. The van der Waals surface area contributed by atoms with E-state index in [4.69, 9.17) is 36.4 Å². The van der Waals surface area contributed by atoms with Crippen LogP contribution < -0.4 is 11.1 Å². The van der Waals surface area contributed by atoms with Gasteiger partial charge in [0.2, 0.25) is 6.79 Å². The van der Waals surface area contributed by atoms with Crippen molar-refractivity contribution in [3.05, 3.63) is 32.3 Å². The number of oxime groups is 1. The van der Waals surface area contributed by atoms with Gasteiger partial charge in [0.25, 0.3) is 11.8 Å². The van der Waals surface area contributed by atoms with Crippen LogP contribution in [0.15, 0.2) is 31.7 Å². The third-order valence-corrected chi connectivity index (χ3v) is 9.53. The van der Waals surface area contributed by atoms with Crippen molar-refractivity contribution in [3.8, 4) is 0 Å². The SMILES string of the molecule is CO/N=C(\C(=O)N[C@@H]1C(=O)N2C(C(=O)OCOC(=O)C(C)(C)C)=C(CSC3=C(Cl)C(=O)OC3)CS[C@H]12)c1csc(N)n1. The standard InChI is InChI=1S/C24H26ClN5O9S3/c1-24(2,3)22(35)39-9-38-21(34)16-10(6-40-12-5-37-20(33)13(12)25)7-41-19-15(18(32)30(16)19)28-17(31)14(29-36-4)11-8-42-23(26)27-11/h8,15,19H,5-7,9H2,1-4H3,(H2,26,27)(H,28,31)/b29-14-/t15-,19-/m1/s1. The topological polar surface area (TPSA) is 189 Å². The first kappa shape index (κ1) is 31.7. The highest BCUT2D eigenvalue weighted by Crippen LogP contribution is 2.42. The van der Waals surface area contributed by atoms with E-state index in [0.717, 1.165) is 11.3 Å². The van der Waals surface area contributed by atoms with Gasteiger partial charge >= 0.3 is 17.9 Å². The largest absolute Gasteiger partial charge is 0.456 e. The van der Waals surface area contributed by atoms with Gasteiger partial charge in [-0.3, -0.25) is 19.3 Å². The van der Waals surface area contributed by atoms with E-state index in [2.05, 4.69) is 15.5 Å². The van der Waals surface area contributed by atoms with Crippen molar-refractivity contribution < 1.29 is 43.0 Å². The van der Waals surface area contributed by atoms with Gasteiger partial charge in [0, 0.05) is 21.8 Å². The molecule has 0 unspecified atom stereocenters. The van der Waals surface area contributed by atoms with Gasteiger partial charge in [-0.05, 0) is 26.3 Å². The number of nitrogens with one attached hydrogen (secondary N) is 1. The molecule has 2 atom stereocenters. The average Bonchev–Trinajstić information content (AvgIpc) is 3.51. The second kappa shape index (κ2) is 12.9. The van der Waals surface area contributed by atoms with Gasteiger partial charge < -0.3 is 30.1 Å². The number of carbonyl (C=O) groups excluding carboxylic acids is 5. The molecule has 2 amide bonds. The van der Waals surface area contributed by atoms with Crippen LogP contribution in [0, 0.1) is 5.41 Å². The molecule has 18 heteroatoms. The van der Waals surface area contributed by atoms with Crippen LogP contribution in [0.1, 0.15) is 26.5 Å². The van der Waals surface area contributed by atoms with Crippen LogP contribution in [0.4, 0.5) is 5.13 Å². The summed E-state index contributed by atoms with van der Waals surface area (Å²) in [5.74, 6) is -2.95. The van der Waals surface area contributed by atoms with Gasteiger partial charge in [-0.15, -0.1) is 34.9 Å². The molecule has 0 aromatic carbocycles. The number of rotatable bonds is 10. The summed E-state index contributed by atoms with van der Waals surface area (Å²) in [5, 5.41) is 7.40. The lowest BCUT2D eigenvalue weighted by atomic mass is 9.98. The number of cyclic esters (lactones) is 1. The van der Waals surface area contributed by atoms with Gasteiger partial charge in [0.05, 0.1) is 5.41 Å². The lowest BCUT2D eigenvalue weighted by Gasteiger charge is -2.49. The number of ether oxygens (including phenoxy) is 3. The number of hydrogen-bond acceptors (Lipinski definition) is 15. The molecule has 1 aromatic rings. The number of thiazole rings is 1. The smallest absolute Gasteiger partial charge is 0.357 e. The number of nitrogens with two attached hydrogens (primary N) is 1. The maximum absolute atomic E-state index is 13.3. The first-order valence-corrected chi connectivity index (χ1v) is 15.5. The molecule has 4 rings (SSSR count). The number of aromatic nitrogens is 1. The molecule has 3 aliphatic heterocycles. The molecule has 42 heavy (non-hydrogen) atoms. The molecule has 0 bridgehead atoms. The molecule has 3 aliphatic rings. The lowest BCUT2D eigenvalue weighted by Crippen LogP contribution is -2.71. The minimum Gasteiger partial charge on any atom is -0.456 e. The number of β-lactam (4-membered cyclic amide) rings is 1. The van der Waals surface area contributed by atoms with Crippen LogP contribution in [0.3, 0.4) is 0 Å². The molecule has 226 valence electrons. The number of nitrogen functional groups attached to an aromatic ring is 1. The normalized spacial score (nSPS) is 20.6. The Balaban J connectivity index is 1.52. The van der Waals surface area contributed by atoms with E-state index >= 15 is 0 Å². The van der Waals surface area contributed by atoms with Crippen molar-refractivity contribution >= 4 is 87.0 Å². The summed E-state index contributed by atoms with van der Waals surface area (Å²) < 4.78 is 15.2. The van der Waals surface area contributed by atoms with Crippen LogP contribution in [0.25, 0.3) is 0 Å². The Morgan fingerprint density at radius 3 is 2.64 bits per heavy atom. The molecule has 1 fully saturated rings. The van der Waals surface area contributed by atoms with E-state index in [1.54, 1.807) is 20.8 Å². The second-order valence-electron chi connectivity index (χ2n) is 9.84. The zero-order valence-electron chi connectivity index (χ0n) is 22.8. The lowest BCUT2D eigenvalue weighted by molar-refractivity contribution is -0.173. The van der Waals surface area contributed by atoms with Crippen molar-refractivity contribution in [2.24, 2.45) is 10.6 Å². The quantitative estimate of drug-likeness (QED) is 0.121. The predicted octanol–water partition coefficient (Wildman–Crippen LogP) is 1.56. The molecule has 1 aromatic heterocycles. The Morgan fingerprint density at radius 2 is 2.05 bits per heavy atom. The van der Waals surface area contributed by atoms with Crippen LogP contribution in [0.5, 0.6) is 0 Å². The molecular formula is C24H26ClN5O9S3. The third-order valence-electron chi connectivity index (χ3n) is 5.86. The van der Waals surface area contributed by atoms with E-state index in [0.29, 0.717) is 10.5 Å². The van der Waals surface area contributed by atoms with E-state index in [1.165, 1.54) is 40.9 Å². The van der Waals surface area contributed by atoms with Gasteiger partial charge in [0.15, 0.2) is 10.8 Å². The number of anilines is 1. The van der Waals surface area contributed by atoms with Gasteiger partial charge in [0.1, 0.15) is 41.6 Å². The van der Waals surface area contributed by atoms with Gasteiger partial charge in [-0.25, -0.2) is 14.6 Å². The van der Waals surface area contributed by atoms with Crippen molar-refractivity contribution in [1.82, 2.24) is 15.2 Å². The highest BCUT2D eigenvalue weighted by molar-refractivity contribution is 8.03. The number of carbonyl (C=O) groups is 5. The third kappa shape index (κ3) is 6.68. The molecule has 1 saturated heterocycles. The summed E-state index contributed by atoms with van der Waals surface area (Å²) in [7, 11) is 1.26. The molecule has 0 saturated carbocycles. The van der Waals surface area contributed by atoms with E-state index in [1.807, 2.05) is 0 Å². The molecular weight excluding hydrogens is 634 g/mol. The number of esters is 3. The highest BCUT2D eigenvalue weighted by atomic mass is 35.5. The zero-order chi connectivity index (χ0) is 30.8. The minimum atomic E-state index is -1.01. The average molecular weight is 660 g/mol.